The molecule has 0 aliphatic rings. The Labute approximate surface area is 108 Å². The fourth-order valence-corrected chi connectivity index (χ4v) is 2.09. The topological polar surface area (TPSA) is 45.4 Å². The summed E-state index contributed by atoms with van der Waals surface area (Å²) in [6, 6.07) is 4.06. The first-order valence-corrected chi connectivity index (χ1v) is 7.35. The minimum atomic E-state index is 0.128. The third kappa shape index (κ3) is 5.61. The van der Waals surface area contributed by atoms with E-state index >= 15 is 0 Å². The van der Waals surface area contributed by atoms with Crippen LogP contribution in [-0.2, 0) is 12.3 Å². The number of thioether (sulfide) groups is 1. The van der Waals surface area contributed by atoms with Crippen molar-refractivity contribution in [1.29, 1.82) is 0 Å². The van der Waals surface area contributed by atoms with Gasteiger partial charge in [-0.05, 0) is 30.2 Å². The summed E-state index contributed by atoms with van der Waals surface area (Å²) in [5.41, 5.74) is 0.128. The molecule has 1 aromatic rings. The summed E-state index contributed by atoms with van der Waals surface area (Å²) in [6.07, 6.45) is 2.88. The number of hydrogen-bond acceptors (Lipinski definition) is 4. The lowest BCUT2D eigenvalue weighted by Gasteiger charge is -2.23. The standard InChI is InChI=1S/C13H23NO2S/c1-13(2,6-7-15)10-14-8-11-4-5-12(16-11)9-17-3/h4-5,14-15H,6-10H2,1-3H3. The molecule has 98 valence electrons. The highest BCUT2D eigenvalue weighted by molar-refractivity contribution is 7.97. The molecule has 0 aromatic carbocycles. The SMILES string of the molecule is CSCc1ccc(CNCC(C)(C)CCO)o1. The highest BCUT2D eigenvalue weighted by atomic mass is 32.2. The number of hydrogen-bond donors (Lipinski definition) is 2. The summed E-state index contributed by atoms with van der Waals surface area (Å²) in [6.45, 7) is 6.18. The van der Waals surface area contributed by atoms with Crippen LogP contribution in [0.1, 0.15) is 31.8 Å². The second kappa shape index (κ2) is 7.09. The van der Waals surface area contributed by atoms with Gasteiger partial charge in [-0.3, -0.25) is 0 Å². The van der Waals surface area contributed by atoms with Crippen LogP contribution in [0.25, 0.3) is 0 Å². The molecule has 1 aromatic heterocycles. The van der Waals surface area contributed by atoms with E-state index < -0.39 is 0 Å². The largest absolute Gasteiger partial charge is 0.464 e. The highest BCUT2D eigenvalue weighted by Crippen LogP contribution is 2.18. The molecule has 1 rings (SSSR count). The number of aliphatic hydroxyl groups excluding tert-OH is 1. The van der Waals surface area contributed by atoms with E-state index in [1.54, 1.807) is 11.8 Å². The Morgan fingerprint density at radius 1 is 1.35 bits per heavy atom. The number of aliphatic hydroxyl groups is 1. The molecule has 1 heterocycles. The van der Waals surface area contributed by atoms with E-state index in [4.69, 9.17) is 9.52 Å². The molecular formula is C13H23NO2S. The van der Waals surface area contributed by atoms with Crippen LogP contribution in [0.15, 0.2) is 16.5 Å². The fraction of sp³-hybridized carbons (Fsp3) is 0.692. The lowest BCUT2D eigenvalue weighted by molar-refractivity contribution is 0.206. The summed E-state index contributed by atoms with van der Waals surface area (Å²) in [4.78, 5) is 0. The summed E-state index contributed by atoms with van der Waals surface area (Å²) < 4.78 is 5.67. The maximum atomic E-state index is 8.93. The number of rotatable bonds is 8. The Morgan fingerprint density at radius 3 is 2.71 bits per heavy atom. The van der Waals surface area contributed by atoms with Crippen LogP contribution in [0.3, 0.4) is 0 Å². The van der Waals surface area contributed by atoms with Crippen molar-refractivity contribution < 1.29 is 9.52 Å². The maximum Gasteiger partial charge on any atom is 0.118 e. The molecule has 3 nitrogen and oxygen atoms in total. The zero-order chi connectivity index (χ0) is 12.7. The summed E-state index contributed by atoms with van der Waals surface area (Å²) >= 11 is 1.76. The van der Waals surface area contributed by atoms with Crippen molar-refractivity contribution in [2.45, 2.75) is 32.6 Å². The van der Waals surface area contributed by atoms with Crippen molar-refractivity contribution in [1.82, 2.24) is 5.32 Å². The first-order chi connectivity index (χ1) is 8.07. The first kappa shape index (κ1) is 14.6. The molecule has 0 aliphatic carbocycles. The van der Waals surface area contributed by atoms with Gasteiger partial charge >= 0.3 is 0 Å². The third-order valence-corrected chi connectivity index (χ3v) is 3.27. The van der Waals surface area contributed by atoms with Gasteiger partial charge in [-0.25, -0.2) is 0 Å². The van der Waals surface area contributed by atoms with E-state index in [1.807, 2.05) is 12.1 Å². The Kier molecular flexibility index (Phi) is 6.09. The number of furan rings is 1. The van der Waals surface area contributed by atoms with E-state index in [0.717, 1.165) is 36.8 Å². The minimum Gasteiger partial charge on any atom is -0.464 e. The van der Waals surface area contributed by atoms with Gasteiger partial charge in [0.2, 0.25) is 0 Å². The molecule has 0 spiro atoms. The zero-order valence-corrected chi connectivity index (χ0v) is 11.8. The monoisotopic (exact) mass is 257 g/mol. The summed E-state index contributed by atoms with van der Waals surface area (Å²) in [7, 11) is 0. The van der Waals surface area contributed by atoms with Gasteiger partial charge in [0.25, 0.3) is 0 Å². The van der Waals surface area contributed by atoms with Gasteiger partial charge in [-0.1, -0.05) is 13.8 Å². The summed E-state index contributed by atoms with van der Waals surface area (Å²) in [5, 5.41) is 12.3. The van der Waals surface area contributed by atoms with Crippen molar-refractivity contribution in [2.75, 3.05) is 19.4 Å². The molecule has 17 heavy (non-hydrogen) atoms. The minimum absolute atomic E-state index is 0.128. The molecule has 0 atom stereocenters. The van der Waals surface area contributed by atoms with Crippen LogP contribution in [-0.4, -0.2) is 24.5 Å². The molecule has 0 saturated carbocycles. The zero-order valence-electron chi connectivity index (χ0n) is 11.0. The normalized spacial score (nSPS) is 12.0. The van der Waals surface area contributed by atoms with Crippen LogP contribution >= 0.6 is 11.8 Å². The summed E-state index contributed by atoms with van der Waals surface area (Å²) in [5.74, 6) is 2.94. The van der Waals surface area contributed by atoms with Crippen molar-refractivity contribution in [3.63, 3.8) is 0 Å². The molecule has 0 radical (unpaired) electrons. The predicted molar refractivity (Wildman–Crippen MR) is 73.1 cm³/mol. The van der Waals surface area contributed by atoms with Crippen LogP contribution in [0.4, 0.5) is 0 Å². The first-order valence-electron chi connectivity index (χ1n) is 5.95. The van der Waals surface area contributed by atoms with Gasteiger partial charge in [0.15, 0.2) is 0 Å². The van der Waals surface area contributed by atoms with E-state index in [0.29, 0.717) is 0 Å². The second-order valence-corrected chi connectivity index (χ2v) is 5.91. The van der Waals surface area contributed by atoms with Crippen molar-refractivity contribution in [2.24, 2.45) is 5.41 Å². The van der Waals surface area contributed by atoms with E-state index in [2.05, 4.69) is 25.4 Å². The van der Waals surface area contributed by atoms with E-state index in [-0.39, 0.29) is 12.0 Å². The van der Waals surface area contributed by atoms with E-state index in [1.165, 1.54) is 0 Å². The maximum absolute atomic E-state index is 8.93. The third-order valence-electron chi connectivity index (χ3n) is 2.70. The lowest BCUT2D eigenvalue weighted by Crippen LogP contribution is -2.29. The van der Waals surface area contributed by atoms with Crippen LogP contribution in [0.2, 0.25) is 0 Å². The Bertz CT molecular complexity index is 323. The van der Waals surface area contributed by atoms with Gasteiger partial charge in [-0.15, -0.1) is 0 Å². The fourth-order valence-electron chi connectivity index (χ4n) is 1.65. The predicted octanol–water partition coefficient (Wildman–Crippen LogP) is 2.64. The molecule has 0 aliphatic heterocycles. The Morgan fingerprint density at radius 2 is 2.06 bits per heavy atom. The van der Waals surface area contributed by atoms with E-state index in [9.17, 15) is 0 Å². The van der Waals surface area contributed by atoms with Gasteiger partial charge in [0.05, 0.1) is 12.3 Å². The average Bonchev–Trinajstić information content (AvgIpc) is 2.66. The quantitative estimate of drug-likeness (QED) is 0.751. The molecule has 0 fully saturated rings. The lowest BCUT2D eigenvalue weighted by atomic mass is 9.90. The highest BCUT2D eigenvalue weighted by Gasteiger charge is 2.16. The van der Waals surface area contributed by atoms with Crippen molar-refractivity contribution in [3.05, 3.63) is 23.7 Å². The Balaban J connectivity index is 2.30. The molecule has 0 amide bonds. The van der Waals surface area contributed by atoms with Crippen LogP contribution < -0.4 is 5.32 Å². The van der Waals surface area contributed by atoms with Crippen LogP contribution in [0, 0.1) is 5.41 Å². The Hall–Kier alpha value is -0.450. The molecule has 4 heteroatoms. The van der Waals surface area contributed by atoms with Gasteiger partial charge in [-0.2, -0.15) is 11.8 Å². The van der Waals surface area contributed by atoms with Gasteiger partial charge in [0.1, 0.15) is 11.5 Å². The molecule has 0 saturated heterocycles. The molecule has 0 unspecified atom stereocenters. The average molecular weight is 257 g/mol. The molecule has 2 N–H and O–H groups in total. The number of nitrogens with one attached hydrogen (secondary N) is 1. The molecule has 0 bridgehead atoms. The van der Waals surface area contributed by atoms with Gasteiger partial charge in [0, 0.05) is 13.2 Å². The van der Waals surface area contributed by atoms with Crippen molar-refractivity contribution >= 4 is 11.8 Å². The van der Waals surface area contributed by atoms with Crippen molar-refractivity contribution in [3.8, 4) is 0 Å². The smallest absolute Gasteiger partial charge is 0.118 e. The second-order valence-electron chi connectivity index (χ2n) is 5.04. The van der Waals surface area contributed by atoms with Crippen LogP contribution in [0.5, 0.6) is 0 Å². The van der Waals surface area contributed by atoms with Gasteiger partial charge < -0.3 is 14.8 Å². The molecular weight excluding hydrogens is 234 g/mol.